The van der Waals surface area contributed by atoms with Crippen LogP contribution in [0.2, 0.25) is 0 Å². The third-order valence-corrected chi connectivity index (χ3v) is 7.29. The van der Waals surface area contributed by atoms with E-state index in [1.165, 1.54) is 11.1 Å². The minimum Gasteiger partial charge on any atom is -0.462 e. The number of rotatable bonds is 5. The second-order valence-corrected chi connectivity index (χ2v) is 9.11. The number of hydrogen-bond acceptors (Lipinski definition) is 7. The van der Waals surface area contributed by atoms with Gasteiger partial charge in [0, 0.05) is 32.4 Å². The molecule has 4 atom stereocenters. The Balaban J connectivity index is 1.18. The van der Waals surface area contributed by atoms with Crippen molar-refractivity contribution in [2.45, 2.75) is 19.8 Å². The van der Waals surface area contributed by atoms with Crippen LogP contribution in [0.3, 0.4) is 0 Å². The van der Waals surface area contributed by atoms with Crippen molar-refractivity contribution < 1.29 is 23.9 Å². The highest BCUT2D eigenvalue weighted by atomic mass is 16.5. The molecule has 9 heteroatoms. The van der Waals surface area contributed by atoms with E-state index < -0.39 is 5.97 Å². The Morgan fingerprint density at radius 1 is 1.03 bits per heavy atom. The van der Waals surface area contributed by atoms with Crippen molar-refractivity contribution in [2.24, 2.45) is 23.7 Å². The van der Waals surface area contributed by atoms with E-state index >= 15 is 0 Å². The fourth-order valence-corrected chi connectivity index (χ4v) is 5.66. The number of aromatic nitrogens is 1. The van der Waals surface area contributed by atoms with Gasteiger partial charge in [-0.1, -0.05) is 12.2 Å². The molecular formula is C24H28N4O5. The highest BCUT2D eigenvalue weighted by Gasteiger charge is 2.59. The summed E-state index contributed by atoms with van der Waals surface area (Å²) in [5, 5.41) is 0. The van der Waals surface area contributed by atoms with Crippen molar-refractivity contribution in [3.05, 3.63) is 36.0 Å². The molecule has 1 aromatic heterocycles. The highest BCUT2D eigenvalue weighted by molar-refractivity contribution is 6.08. The second kappa shape index (κ2) is 8.61. The zero-order chi connectivity index (χ0) is 23.1. The van der Waals surface area contributed by atoms with Crippen LogP contribution in [0.5, 0.6) is 0 Å². The summed E-state index contributed by atoms with van der Waals surface area (Å²) in [6.45, 7) is 4.24. The zero-order valence-corrected chi connectivity index (χ0v) is 18.7. The van der Waals surface area contributed by atoms with Gasteiger partial charge >= 0.3 is 5.97 Å². The monoisotopic (exact) mass is 452 g/mol. The number of esters is 1. The maximum absolute atomic E-state index is 13.0. The standard InChI is InChI=1S/C24H28N4O5/c1-2-33-24(32)17-6-7-18(25-13-17)26-8-3-9-27(11-10-26)19(29)14-28-22(30)20-15-4-5-16(12-15)21(20)23(28)31/h4-7,13,15-16,20-21H,2-3,8-12,14H2,1H3. The lowest BCUT2D eigenvalue weighted by Gasteiger charge is -2.25. The van der Waals surface area contributed by atoms with Gasteiger partial charge in [0.15, 0.2) is 0 Å². The minimum atomic E-state index is -0.400. The number of carbonyl (C=O) groups excluding carboxylic acids is 4. The van der Waals surface area contributed by atoms with E-state index in [1.807, 2.05) is 0 Å². The van der Waals surface area contributed by atoms with Gasteiger partial charge in [0.25, 0.3) is 0 Å². The second-order valence-electron chi connectivity index (χ2n) is 9.11. The fraction of sp³-hybridized carbons (Fsp3) is 0.542. The quantitative estimate of drug-likeness (QED) is 0.375. The summed E-state index contributed by atoms with van der Waals surface area (Å²) in [5.41, 5.74) is 0.403. The van der Waals surface area contributed by atoms with Crippen LogP contribution in [0.15, 0.2) is 30.5 Å². The summed E-state index contributed by atoms with van der Waals surface area (Å²) in [5.74, 6) is -0.482. The first-order valence-electron chi connectivity index (χ1n) is 11.7. The maximum atomic E-state index is 13.0. The van der Waals surface area contributed by atoms with Gasteiger partial charge in [-0.05, 0) is 43.7 Å². The molecule has 1 saturated carbocycles. The summed E-state index contributed by atoms with van der Waals surface area (Å²) >= 11 is 0. The largest absolute Gasteiger partial charge is 0.462 e. The summed E-state index contributed by atoms with van der Waals surface area (Å²) in [6.07, 6.45) is 7.24. The molecule has 9 nitrogen and oxygen atoms in total. The number of hydrogen-bond donors (Lipinski definition) is 0. The smallest absolute Gasteiger partial charge is 0.339 e. The molecule has 0 spiro atoms. The number of likely N-dealkylation sites (tertiary alicyclic amines) is 1. The van der Waals surface area contributed by atoms with Gasteiger partial charge in [-0.15, -0.1) is 0 Å². The molecule has 0 N–H and O–H groups in total. The molecule has 2 bridgehead atoms. The van der Waals surface area contributed by atoms with E-state index in [2.05, 4.69) is 22.0 Å². The SMILES string of the molecule is CCOC(=O)c1ccc(N2CCCN(C(=O)CN3C(=O)C4C5C=CC(C5)C4C3=O)CC2)nc1. The normalized spacial score (nSPS) is 28.3. The van der Waals surface area contributed by atoms with Crippen LogP contribution in [0, 0.1) is 23.7 Å². The Bertz CT molecular complexity index is 977. The predicted octanol–water partition coefficient (Wildman–Crippen LogP) is 1.10. The lowest BCUT2D eigenvalue weighted by atomic mass is 9.85. The lowest BCUT2D eigenvalue weighted by Crippen LogP contribution is -2.45. The molecule has 3 heterocycles. The molecule has 4 aliphatic rings. The van der Waals surface area contributed by atoms with Gasteiger partial charge in [0.2, 0.25) is 17.7 Å². The number of ether oxygens (including phenoxy) is 1. The van der Waals surface area contributed by atoms with Crippen LogP contribution in [-0.2, 0) is 19.1 Å². The molecule has 5 rings (SSSR count). The zero-order valence-electron chi connectivity index (χ0n) is 18.7. The third kappa shape index (κ3) is 3.79. The van der Waals surface area contributed by atoms with Crippen molar-refractivity contribution in [1.82, 2.24) is 14.8 Å². The maximum Gasteiger partial charge on any atom is 0.339 e. The van der Waals surface area contributed by atoms with Crippen LogP contribution in [-0.4, -0.2) is 77.8 Å². The Kier molecular flexibility index (Phi) is 5.64. The molecule has 33 heavy (non-hydrogen) atoms. The van der Waals surface area contributed by atoms with E-state index in [9.17, 15) is 19.2 Å². The number of nitrogens with zero attached hydrogens (tertiary/aromatic N) is 4. The first kappa shape index (κ1) is 21.6. The number of amides is 3. The van der Waals surface area contributed by atoms with Gasteiger partial charge in [-0.2, -0.15) is 0 Å². The van der Waals surface area contributed by atoms with E-state index in [0.29, 0.717) is 31.8 Å². The average molecular weight is 453 g/mol. The van der Waals surface area contributed by atoms with Crippen LogP contribution < -0.4 is 4.90 Å². The van der Waals surface area contributed by atoms with E-state index in [4.69, 9.17) is 4.74 Å². The fourth-order valence-electron chi connectivity index (χ4n) is 5.66. The van der Waals surface area contributed by atoms with Crippen molar-refractivity contribution in [3.8, 4) is 0 Å². The number of anilines is 1. The van der Waals surface area contributed by atoms with Crippen molar-refractivity contribution >= 4 is 29.5 Å². The summed E-state index contributed by atoms with van der Waals surface area (Å²) in [4.78, 5) is 60.0. The van der Waals surface area contributed by atoms with Crippen LogP contribution in [0.4, 0.5) is 5.82 Å². The molecule has 4 unspecified atom stereocenters. The van der Waals surface area contributed by atoms with Gasteiger partial charge in [-0.25, -0.2) is 9.78 Å². The van der Waals surface area contributed by atoms with Crippen molar-refractivity contribution in [2.75, 3.05) is 44.2 Å². The molecule has 174 valence electrons. The van der Waals surface area contributed by atoms with Gasteiger partial charge < -0.3 is 14.5 Å². The van der Waals surface area contributed by atoms with E-state index in [0.717, 1.165) is 25.2 Å². The Morgan fingerprint density at radius 2 is 1.76 bits per heavy atom. The number of imide groups is 1. The molecule has 2 saturated heterocycles. The Hall–Kier alpha value is -3.23. The van der Waals surface area contributed by atoms with Crippen molar-refractivity contribution in [3.63, 3.8) is 0 Å². The van der Waals surface area contributed by atoms with Crippen LogP contribution >= 0.6 is 0 Å². The number of allylic oxidation sites excluding steroid dienone is 2. The molecule has 2 aliphatic heterocycles. The number of carbonyl (C=O) groups is 4. The topological polar surface area (TPSA) is 100 Å². The van der Waals surface area contributed by atoms with Crippen LogP contribution in [0.25, 0.3) is 0 Å². The first-order chi connectivity index (χ1) is 16.0. The average Bonchev–Trinajstić information content (AvgIpc) is 3.43. The van der Waals surface area contributed by atoms with Gasteiger partial charge in [0.05, 0.1) is 24.0 Å². The van der Waals surface area contributed by atoms with Gasteiger partial charge in [0.1, 0.15) is 12.4 Å². The molecular weight excluding hydrogens is 424 g/mol. The molecule has 0 aromatic carbocycles. The summed E-state index contributed by atoms with van der Waals surface area (Å²) in [7, 11) is 0. The molecule has 0 radical (unpaired) electrons. The first-order valence-corrected chi connectivity index (χ1v) is 11.7. The Labute approximate surface area is 192 Å². The lowest BCUT2D eigenvalue weighted by molar-refractivity contribution is -0.147. The minimum absolute atomic E-state index is 0.144. The Morgan fingerprint density at radius 3 is 2.39 bits per heavy atom. The van der Waals surface area contributed by atoms with Gasteiger partial charge in [-0.3, -0.25) is 19.3 Å². The van der Waals surface area contributed by atoms with Crippen LogP contribution in [0.1, 0.15) is 30.1 Å². The van der Waals surface area contributed by atoms with Crippen molar-refractivity contribution in [1.29, 1.82) is 0 Å². The molecule has 3 fully saturated rings. The van der Waals surface area contributed by atoms with E-state index in [-0.39, 0.29) is 47.9 Å². The molecule has 3 amide bonds. The number of fused-ring (bicyclic) bond motifs is 5. The third-order valence-electron chi connectivity index (χ3n) is 7.29. The predicted molar refractivity (Wildman–Crippen MR) is 118 cm³/mol. The molecule has 1 aromatic rings. The summed E-state index contributed by atoms with van der Waals surface area (Å²) in [6, 6.07) is 3.48. The van der Waals surface area contributed by atoms with E-state index in [1.54, 1.807) is 24.0 Å². The number of pyridine rings is 1. The summed E-state index contributed by atoms with van der Waals surface area (Å²) < 4.78 is 4.99. The highest BCUT2D eigenvalue weighted by Crippen LogP contribution is 2.52. The molecule has 2 aliphatic carbocycles.